The van der Waals surface area contributed by atoms with Crippen molar-refractivity contribution < 1.29 is 0 Å². The molecule has 0 saturated carbocycles. The Morgan fingerprint density at radius 1 is 0.929 bits per heavy atom. The van der Waals surface area contributed by atoms with Crippen molar-refractivity contribution in [1.82, 2.24) is 36.0 Å². The molecule has 2 aromatic heterocycles. The first-order valence-corrected chi connectivity index (χ1v) is 3.89. The molecule has 2 N–H and O–H groups in total. The average molecular weight is 189 g/mol. The lowest BCUT2D eigenvalue weighted by molar-refractivity contribution is 0.881. The number of nitrogens with one attached hydrogen (secondary N) is 2. The van der Waals surface area contributed by atoms with Crippen molar-refractivity contribution in [3.63, 3.8) is 0 Å². The van der Waals surface area contributed by atoms with Gasteiger partial charge in [-0.1, -0.05) is 17.3 Å². The molecule has 14 heavy (non-hydrogen) atoms. The zero-order chi connectivity index (χ0) is 9.64. The standard InChI is InChI=1S/C6H5N3.CH2N4/c1-2-4-6-5(3-1)7-9-8-6;1-2-4-5-3-1/h1-4H,(H,7,8,9);1H,(H,2,3,4,5). The summed E-state index contributed by atoms with van der Waals surface area (Å²) in [6, 6.07) is 7.70. The van der Waals surface area contributed by atoms with Gasteiger partial charge < -0.3 is 0 Å². The lowest BCUT2D eigenvalue weighted by Gasteiger charge is -1.78. The Labute approximate surface area is 78.5 Å². The predicted molar refractivity (Wildman–Crippen MR) is 48.1 cm³/mol. The molecule has 0 saturated heterocycles. The number of fused-ring (bicyclic) bond motifs is 1. The molecule has 0 aliphatic heterocycles. The molecular formula is C7H7N7. The third-order valence-corrected chi connectivity index (χ3v) is 1.49. The molecule has 2 heterocycles. The van der Waals surface area contributed by atoms with Gasteiger partial charge >= 0.3 is 0 Å². The molecular weight excluding hydrogens is 182 g/mol. The molecule has 0 amide bonds. The summed E-state index contributed by atoms with van der Waals surface area (Å²) >= 11 is 0. The molecule has 0 aliphatic carbocycles. The van der Waals surface area contributed by atoms with Gasteiger partial charge in [-0.2, -0.15) is 20.6 Å². The van der Waals surface area contributed by atoms with E-state index in [-0.39, 0.29) is 0 Å². The van der Waals surface area contributed by atoms with Crippen molar-refractivity contribution in [2.24, 2.45) is 0 Å². The van der Waals surface area contributed by atoms with Crippen LogP contribution in [0.4, 0.5) is 0 Å². The summed E-state index contributed by atoms with van der Waals surface area (Å²) in [5.41, 5.74) is 1.83. The molecule has 3 rings (SSSR count). The van der Waals surface area contributed by atoms with E-state index in [4.69, 9.17) is 0 Å². The predicted octanol–water partition coefficient (Wildman–Crippen LogP) is 0.158. The fraction of sp³-hybridized carbons (Fsp3) is 0. The number of aromatic amines is 2. The van der Waals surface area contributed by atoms with Crippen LogP contribution in [-0.2, 0) is 0 Å². The highest BCUT2D eigenvalue weighted by molar-refractivity contribution is 5.72. The van der Waals surface area contributed by atoms with Crippen LogP contribution >= 0.6 is 0 Å². The Morgan fingerprint density at radius 3 is 2.07 bits per heavy atom. The van der Waals surface area contributed by atoms with Crippen molar-refractivity contribution in [1.29, 1.82) is 0 Å². The first-order valence-electron chi connectivity index (χ1n) is 3.89. The lowest BCUT2D eigenvalue weighted by atomic mass is 10.3. The number of hydrogen-bond acceptors (Lipinski definition) is 5. The highest BCUT2D eigenvalue weighted by Gasteiger charge is 1.90. The highest BCUT2D eigenvalue weighted by Crippen LogP contribution is 2.03. The van der Waals surface area contributed by atoms with Crippen LogP contribution < -0.4 is 0 Å². The van der Waals surface area contributed by atoms with E-state index in [0.717, 1.165) is 11.0 Å². The van der Waals surface area contributed by atoms with Gasteiger partial charge in [-0.15, -0.1) is 10.2 Å². The first-order chi connectivity index (χ1) is 6.97. The Bertz CT molecular complexity index is 424. The molecule has 1 aromatic carbocycles. The van der Waals surface area contributed by atoms with Crippen LogP contribution in [0.15, 0.2) is 30.6 Å². The molecule has 70 valence electrons. The van der Waals surface area contributed by atoms with Gasteiger partial charge in [0.25, 0.3) is 0 Å². The van der Waals surface area contributed by atoms with E-state index in [1.54, 1.807) is 0 Å². The fourth-order valence-electron chi connectivity index (χ4n) is 0.915. The molecule has 0 aliphatic rings. The number of tetrazole rings is 1. The molecule has 0 bridgehead atoms. The van der Waals surface area contributed by atoms with Gasteiger partial charge in [-0.25, -0.2) is 0 Å². The number of para-hydroxylation sites is 2. The van der Waals surface area contributed by atoms with Crippen molar-refractivity contribution in [3.8, 4) is 0 Å². The van der Waals surface area contributed by atoms with Crippen LogP contribution in [-0.4, -0.2) is 36.0 Å². The van der Waals surface area contributed by atoms with E-state index in [1.165, 1.54) is 6.33 Å². The normalized spacial score (nSPS) is 9.43. The third-order valence-electron chi connectivity index (χ3n) is 1.49. The third kappa shape index (κ3) is 1.89. The lowest BCUT2D eigenvalue weighted by Crippen LogP contribution is -1.64. The summed E-state index contributed by atoms with van der Waals surface area (Å²) < 4.78 is 0. The van der Waals surface area contributed by atoms with E-state index in [0.29, 0.717) is 0 Å². The number of H-pyrrole nitrogens is 2. The molecule has 7 heteroatoms. The number of nitrogens with zero attached hydrogens (tertiary/aromatic N) is 5. The zero-order valence-corrected chi connectivity index (χ0v) is 7.12. The minimum Gasteiger partial charge on any atom is -0.197 e. The van der Waals surface area contributed by atoms with Crippen molar-refractivity contribution in [2.45, 2.75) is 0 Å². The van der Waals surface area contributed by atoms with E-state index < -0.39 is 0 Å². The summed E-state index contributed by atoms with van der Waals surface area (Å²) in [7, 11) is 0. The van der Waals surface area contributed by atoms with Crippen LogP contribution in [0.1, 0.15) is 0 Å². The van der Waals surface area contributed by atoms with Crippen LogP contribution in [0, 0.1) is 0 Å². The molecule has 0 spiro atoms. The number of benzene rings is 1. The maximum absolute atomic E-state index is 3.88. The second-order valence-electron chi connectivity index (χ2n) is 2.37. The summed E-state index contributed by atoms with van der Waals surface area (Å²) in [5, 5.41) is 22.5. The van der Waals surface area contributed by atoms with Gasteiger partial charge in [0.2, 0.25) is 0 Å². The molecule has 7 nitrogen and oxygen atoms in total. The Kier molecular flexibility index (Phi) is 2.42. The first kappa shape index (κ1) is 8.30. The van der Waals surface area contributed by atoms with Crippen molar-refractivity contribution in [2.75, 3.05) is 0 Å². The van der Waals surface area contributed by atoms with Crippen LogP contribution in [0.2, 0.25) is 0 Å². The topological polar surface area (TPSA) is 96.0 Å². The maximum atomic E-state index is 3.88. The zero-order valence-electron chi connectivity index (χ0n) is 7.12. The van der Waals surface area contributed by atoms with Gasteiger partial charge in [-0.3, -0.25) is 0 Å². The smallest absolute Gasteiger partial charge is 0.161 e. The van der Waals surface area contributed by atoms with Gasteiger partial charge in [-0.05, 0) is 12.1 Å². The summed E-state index contributed by atoms with van der Waals surface area (Å²) in [4.78, 5) is 0. The molecule has 0 fully saturated rings. The Balaban J connectivity index is 0.000000128. The molecule has 3 aromatic rings. The largest absolute Gasteiger partial charge is 0.197 e. The quantitative estimate of drug-likeness (QED) is 0.525. The van der Waals surface area contributed by atoms with Crippen molar-refractivity contribution >= 4 is 11.0 Å². The number of aromatic nitrogens is 7. The van der Waals surface area contributed by atoms with Crippen LogP contribution in [0.25, 0.3) is 11.0 Å². The summed E-state index contributed by atoms with van der Waals surface area (Å²) in [6.07, 6.45) is 1.33. The number of hydrogen-bond donors (Lipinski definition) is 2. The Hall–Kier alpha value is -2.31. The van der Waals surface area contributed by atoms with E-state index in [2.05, 4.69) is 36.0 Å². The minimum absolute atomic E-state index is 0.914. The van der Waals surface area contributed by atoms with E-state index in [1.807, 2.05) is 24.3 Å². The molecule has 0 radical (unpaired) electrons. The SMILES string of the molecule is c1ccc2n[nH]nc2c1.c1nn[nH]n1. The van der Waals surface area contributed by atoms with Gasteiger partial charge in [0.05, 0.1) is 0 Å². The minimum atomic E-state index is 0.914. The highest BCUT2D eigenvalue weighted by atomic mass is 15.5. The van der Waals surface area contributed by atoms with E-state index >= 15 is 0 Å². The molecule has 0 atom stereocenters. The van der Waals surface area contributed by atoms with Gasteiger partial charge in [0, 0.05) is 0 Å². The van der Waals surface area contributed by atoms with Crippen molar-refractivity contribution in [3.05, 3.63) is 30.6 Å². The summed E-state index contributed by atoms with van der Waals surface area (Å²) in [6.45, 7) is 0. The fourth-order valence-corrected chi connectivity index (χ4v) is 0.915. The number of rotatable bonds is 0. The van der Waals surface area contributed by atoms with Crippen LogP contribution in [0.3, 0.4) is 0 Å². The average Bonchev–Trinajstić information content (AvgIpc) is 2.92. The summed E-state index contributed by atoms with van der Waals surface area (Å²) in [5.74, 6) is 0. The van der Waals surface area contributed by atoms with Crippen LogP contribution in [0.5, 0.6) is 0 Å². The second-order valence-corrected chi connectivity index (χ2v) is 2.37. The van der Waals surface area contributed by atoms with Gasteiger partial charge in [0.15, 0.2) is 6.33 Å². The van der Waals surface area contributed by atoms with Gasteiger partial charge in [0.1, 0.15) is 11.0 Å². The van der Waals surface area contributed by atoms with E-state index in [9.17, 15) is 0 Å². The maximum Gasteiger partial charge on any atom is 0.161 e. The second kappa shape index (κ2) is 4.08. The Morgan fingerprint density at radius 2 is 1.64 bits per heavy atom. The monoisotopic (exact) mass is 189 g/mol. The molecule has 0 unspecified atom stereocenters.